The van der Waals surface area contributed by atoms with Crippen LogP contribution in [-0.2, 0) is 28.8 Å². The number of carbonyl (C=O) groups is 6. The van der Waals surface area contributed by atoms with Gasteiger partial charge in [0, 0.05) is 6.42 Å². The minimum Gasteiger partial charge on any atom is -0.481 e. The third kappa shape index (κ3) is 9.82. The highest BCUT2D eigenvalue weighted by atomic mass is 16.4. The number of carboxylic acids is 2. The Morgan fingerprint density at radius 1 is 0.833 bits per heavy atom. The third-order valence-corrected chi connectivity index (χ3v) is 4.08. The molecule has 0 aliphatic heterocycles. The number of aliphatic carboxylic acids is 2. The van der Waals surface area contributed by atoms with Gasteiger partial charge < -0.3 is 37.6 Å². The molecule has 0 bridgehead atoms. The van der Waals surface area contributed by atoms with Crippen LogP contribution in [0.2, 0.25) is 0 Å². The standard InChI is InChI=1S/C17H29N5O8/c1-7(2)13(19)16(28)20-8(3)14(26)21-9(4-5-11(18)23)15(27)22-10(17(29)30)6-12(24)25/h7-10,13H,4-6,19H2,1-3H3,(H2,18,23)(H,20,28)(H,21,26)(H,22,27)(H,24,25)(H,29,30). The Hall–Kier alpha value is -3.22. The smallest absolute Gasteiger partial charge is 0.326 e. The highest BCUT2D eigenvalue weighted by Gasteiger charge is 2.30. The zero-order chi connectivity index (χ0) is 23.6. The van der Waals surface area contributed by atoms with Crippen LogP contribution in [0.4, 0.5) is 0 Å². The van der Waals surface area contributed by atoms with Crippen LogP contribution in [0.3, 0.4) is 0 Å². The number of hydrogen-bond acceptors (Lipinski definition) is 7. The van der Waals surface area contributed by atoms with Gasteiger partial charge in [-0.15, -0.1) is 0 Å². The quantitative estimate of drug-likeness (QED) is 0.160. The molecule has 0 aliphatic rings. The first-order valence-electron chi connectivity index (χ1n) is 9.15. The lowest BCUT2D eigenvalue weighted by atomic mass is 10.0. The van der Waals surface area contributed by atoms with E-state index in [2.05, 4.69) is 10.6 Å². The Balaban J connectivity index is 5.22. The molecule has 0 spiro atoms. The molecule has 30 heavy (non-hydrogen) atoms. The van der Waals surface area contributed by atoms with Gasteiger partial charge in [-0.1, -0.05) is 13.8 Å². The molecule has 0 heterocycles. The predicted octanol–water partition coefficient (Wildman–Crippen LogP) is -2.73. The molecule has 0 rings (SSSR count). The van der Waals surface area contributed by atoms with E-state index in [9.17, 15) is 28.8 Å². The molecule has 13 nitrogen and oxygen atoms in total. The van der Waals surface area contributed by atoms with Crippen molar-refractivity contribution in [2.75, 3.05) is 0 Å². The SMILES string of the molecule is CC(NC(=O)C(N)C(C)C)C(=O)NC(CCC(N)=O)C(=O)NC(CC(=O)O)C(=O)O. The van der Waals surface area contributed by atoms with Crippen molar-refractivity contribution in [1.29, 1.82) is 0 Å². The van der Waals surface area contributed by atoms with E-state index in [1.54, 1.807) is 13.8 Å². The number of hydrogen-bond donors (Lipinski definition) is 7. The topological polar surface area (TPSA) is 231 Å². The average Bonchev–Trinajstić information content (AvgIpc) is 2.62. The zero-order valence-electron chi connectivity index (χ0n) is 17.0. The van der Waals surface area contributed by atoms with Gasteiger partial charge in [0.25, 0.3) is 0 Å². The number of carbonyl (C=O) groups excluding carboxylic acids is 4. The first-order chi connectivity index (χ1) is 13.8. The molecular formula is C17H29N5O8. The van der Waals surface area contributed by atoms with Crippen LogP contribution in [0.5, 0.6) is 0 Å². The van der Waals surface area contributed by atoms with Crippen molar-refractivity contribution in [2.45, 2.75) is 64.2 Å². The van der Waals surface area contributed by atoms with E-state index in [-0.39, 0.29) is 18.8 Å². The summed E-state index contributed by atoms with van der Waals surface area (Å²) in [4.78, 5) is 69.7. The van der Waals surface area contributed by atoms with Gasteiger partial charge in [0.05, 0.1) is 12.5 Å². The first-order valence-corrected chi connectivity index (χ1v) is 9.15. The van der Waals surface area contributed by atoms with Gasteiger partial charge in [-0.2, -0.15) is 0 Å². The number of carboxylic acid groups (broad SMARTS) is 2. The van der Waals surface area contributed by atoms with Gasteiger partial charge in [0.2, 0.25) is 23.6 Å². The molecule has 0 fully saturated rings. The van der Waals surface area contributed by atoms with E-state index in [4.69, 9.17) is 21.7 Å². The number of rotatable bonds is 13. The van der Waals surface area contributed by atoms with Crippen molar-refractivity contribution in [3.63, 3.8) is 0 Å². The molecule has 0 aromatic rings. The summed E-state index contributed by atoms with van der Waals surface area (Å²) >= 11 is 0. The molecule has 4 unspecified atom stereocenters. The van der Waals surface area contributed by atoms with Crippen LogP contribution in [0.25, 0.3) is 0 Å². The van der Waals surface area contributed by atoms with Crippen LogP contribution in [0.1, 0.15) is 40.0 Å². The van der Waals surface area contributed by atoms with Crippen LogP contribution in [0, 0.1) is 5.92 Å². The summed E-state index contributed by atoms with van der Waals surface area (Å²) in [5.41, 5.74) is 10.7. The lowest BCUT2D eigenvalue weighted by Crippen LogP contribution is -2.57. The lowest BCUT2D eigenvalue weighted by molar-refractivity contribution is -0.147. The second-order valence-corrected chi connectivity index (χ2v) is 7.06. The van der Waals surface area contributed by atoms with Crippen molar-refractivity contribution >= 4 is 35.6 Å². The van der Waals surface area contributed by atoms with Gasteiger partial charge in [-0.05, 0) is 19.3 Å². The van der Waals surface area contributed by atoms with Crippen molar-refractivity contribution < 1.29 is 39.0 Å². The maximum atomic E-state index is 12.4. The van der Waals surface area contributed by atoms with Gasteiger partial charge in [0.1, 0.15) is 18.1 Å². The molecule has 0 aromatic heterocycles. The van der Waals surface area contributed by atoms with Crippen LogP contribution < -0.4 is 27.4 Å². The summed E-state index contributed by atoms with van der Waals surface area (Å²) in [5.74, 6) is -6.40. The van der Waals surface area contributed by atoms with Gasteiger partial charge in [0.15, 0.2) is 0 Å². The Morgan fingerprint density at radius 3 is 1.80 bits per heavy atom. The van der Waals surface area contributed by atoms with E-state index >= 15 is 0 Å². The van der Waals surface area contributed by atoms with Gasteiger partial charge >= 0.3 is 11.9 Å². The molecule has 9 N–H and O–H groups in total. The van der Waals surface area contributed by atoms with Crippen LogP contribution >= 0.6 is 0 Å². The number of nitrogens with one attached hydrogen (secondary N) is 3. The van der Waals surface area contributed by atoms with Crippen molar-refractivity contribution in [1.82, 2.24) is 16.0 Å². The van der Waals surface area contributed by atoms with E-state index in [0.29, 0.717) is 0 Å². The molecule has 0 saturated heterocycles. The van der Waals surface area contributed by atoms with Crippen LogP contribution in [-0.4, -0.2) is 69.9 Å². The Labute approximate surface area is 172 Å². The fourth-order valence-electron chi connectivity index (χ4n) is 2.18. The monoisotopic (exact) mass is 431 g/mol. The Morgan fingerprint density at radius 2 is 1.37 bits per heavy atom. The van der Waals surface area contributed by atoms with E-state index in [0.717, 1.165) is 0 Å². The second-order valence-electron chi connectivity index (χ2n) is 7.06. The normalized spacial score (nSPS) is 14.7. The van der Waals surface area contributed by atoms with E-state index < -0.39 is 66.2 Å². The molecule has 170 valence electrons. The molecule has 13 heteroatoms. The summed E-state index contributed by atoms with van der Waals surface area (Å²) < 4.78 is 0. The van der Waals surface area contributed by atoms with Crippen LogP contribution in [0.15, 0.2) is 0 Å². The second kappa shape index (κ2) is 12.4. The highest BCUT2D eigenvalue weighted by Crippen LogP contribution is 2.03. The number of primary amides is 1. The minimum absolute atomic E-state index is 0.184. The zero-order valence-corrected chi connectivity index (χ0v) is 17.0. The van der Waals surface area contributed by atoms with Crippen molar-refractivity contribution in [3.8, 4) is 0 Å². The molecular weight excluding hydrogens is 402 g/mol. The predicted molar refractivity (Wildman–Crippen MR) is 103 cm³/mol. The minimum atomic E-state index is -1.75. The van der Waals surface area contributed by atoms with Gasteiger partial charge in [-0.25, -0.2) is 4.79 Å². The molecule has 4 atom stereocenters. The number of nitrogens with two attached hydrogens (primary N) is 2. The molecule has 0 aromatic carbocycles. The summed E-state index contributed by atoms with van der Waals surface area (Å²) in [5, 5.41) is 24.5. The van der Waals surface area contributed by atoms with Crippen molar-refractivity contribution in [2.24, 2.45) is 17.4 Å². The van der Waals surface area contributed by atoms with E-state index in [1.165, 1.54) is 6.92 Å². The maximum Gasteiger partial charge on any atom is 0.326 e. The first kappa shape index (κ1) is 26.8. The van der Waals surface area contributed by atoms with Gasteiger partial charge in [-0.3, -0.25) is 24.0 Å². The Bertz CT molecular complexity index is 681. The fourth-order valence-corrected chi connectivity index (χ4v) is 2.18. The largest absolute Gasteiger partial charge is 0.481 e. The molecule has 0 aliphatic carbocycles. The number of amides is 4. The Kier molecular flexibility index (Phi) is 11.0. The fraction of sp³-hybridized carbons (Fsp3) is 0.647. The van der Waals surface area contributed by atoms with E-state index in [1.807, 2.05) is 5.32 Å². The average molecular weight is 431 g/mol. The molecule has 4 amide bonds. The van der Waals surface area contributed by atoms with Crippen molar-refractivity contribution in [3.05, 3.63) is 0 Å². The third-order valence-electron chi connectivity index (χ3n) is 4.08. The summed E-state index contributed by atoms with van der Waals surface area (Å²) in [7, 11) is 0. The molecule has 0 radical (unpaired) electrons. The summed E-state index contributed by atoms with van der Waals surface area (Å²) in [6.45, 7) is 4.78. The summed E-state index contributed by atoms with van der Waals surface area (Å²) in [6.07, 6.45) is -1.47. The maximum absolute atomic E-state index is 12.4. The summed E-state index contributed by atoms with van der Waals surface area (Å²) in [6, 6.07) is -5.09. The lowest BCUT2D eigenvalue weighted by Gasteiger charge is -2.23. The highest BCUT2D eigenvalue weighted by molar-refractivity contribution is 5.94. The molecule has 0 saturated carbocycles.